The van der Waals surface area contributed by atoms with Gasteiger partial charge in [-0.3, -0.25) is 9.59 Å². The third-order valence-corrected chi connectivity index (χ3v) is 2.47. The molecule has 1 amide bonds. The fourth-order valence-corrected chi connectivity index (χ4v) is 1.55. The molecule has 0 aliphatic carbocycles. The number of hydrogen-bond acceptors (Lipinski definition) is 3. The molecule has 1 aromatic carbocycles. The third-order valence-electron chi connectivity index (χ3n) is 2.47. The number of hydrogen-bond donors (Lipinski definition) is 3. The standard InChI is InChI=1S/C13H18N2O3/c14-9-8-10-4-6-11(7-5-10)15-12(16)2-1-3-13(17)18/h4-7H,1-3,8-9,14H2,(H,15,16)(H,17,18). The van der Waals surface area contributed by atoms with Crippen molar-refractivity contribution in [1.82, 2.24) is 0 Å². The van der Waals surface area contributed by atoms with Crippen molar-refractivity contribution in [2.75, 3.05) is 11.9 Å². The predicted octanol–water partition coefficient (Wildman–Crippen LogP) is 1.38. The number of nitrogens with two attached hydrogens (primary N) is 1. The number of amides is 1. The van der Waals surface area contributed by atoms with Gasteiger partial charge in [0.25, 0.3) is 0 Å². The third kappa shape index (κ3) is 5.45. The Kier molecular flexibility index (Phi) is 5.87. The first-order valence-corrected chi connectivity index (χ1v) is 5.92. The molecule has 4 N–H and O–H groups in total. The van der Waals surface area contributed by atoms with Crippen molar-refractivity contribution in [1.29, 1.82) is 0 Å². The summed E-state index contributed by atoms with van der Waals surface area (Å²) in [6.45, 7) is 0.598. The Bertz CT molecular complexity index is 401. The number of carboxylic acid groups (broad SMARTS) is 1. The van der Waals surface area contributed by atoms with Crippen LogP contribution in [-0.4, -0.2) is 23.5 Å². The molecule has 0 radical (unpaired) electrons. The molecular weight excluding hydrogens is 232 g/mol. The van der Waals surface area contributed by atoms with E-state index in [0.29, 0.717) is 13.0 Å². The van der Waals surface area contributed by atoms with Crippen molar-refractivity contribution in [3.8, 4) is 0 Å². The lowest BCUT2D eigenvalue weighted by Gasteiger charge is -2.05. The Balaban J connectivity index is 2.37. The highest BCUT2D eigenvalue weighted by molar-refractivity contribution is 5.90. The molecule has 5 nitrogen and oxygen atoms in total. The first-order chi connectivity index (χ1) is 8.61. The molecule has 0 aliphatic rings. The topological polar surface area (TPSA) is 92.4 Å². The number of benzene rings is 1. The lowest BCUT2D eigenvalue weighted by molar-refractivity contribution is -0.137. The number of rotatable bonds is 7. The molecule has 0 aromatic heterocycles. The van der Waals surface area contributed by atoms with E-state index in [1.54, 1.807) is 0 Å². The van der Waals surface area contributed by atoms with E-state index in [4.69, 9.17) is 10.8 Å². The molecule has 0 saturated heterocycles. The Morgan fingerprint density at radius 2 is 1.83 bits per heavy atom. The summed E-state index contributed by atoms with van der Waals surface area (Å²) < 4.78 is 0. The fraction of sp³-hybridized carbons (Fsp3) is 0.385. The van der Waals surface area contributed by atoms with Crippen molar-refractivity contribution in [2.45, 2.75) is 25.7 Å². The van der Waals surface area contributed by atoms with Crippen LogP contribution in [0.5, 0.6) is 0 Å². The average Bonchev–Trinajstić information content (AvgIpc) is 2.31. The highest BCUT2D eigenvalue weighted by atomic mass is 16.4. The number of carbonyl (C=O) groups is 2. The van der Waals surface area contributed by atoms with Gasteiger partial charge < -0.3 is 16.2 Å². The average molecular weight is 250 g/mol. The monoisotopic (exact) mass is 250 g/mol. The largest absolute Gasteiger partial charge is 0.481 e. The number of nitrogens with one attached hydrogen (secondary N) is 1. The molecule has 0 atom stereocenters. The van der Waals surface area contributed by atoms with Gasteiger partial charge in [0.15, 0.2) is 0 Å². The molecule has 1 aromatic rings. The van der Waals surface area contributed by atoms with Crippen molar-refractivity contribution in [2.24, 2.45) is 5.73 Å². The Morgan fingerprint density at radius 3 is 2.39 bits per heavy atom. The van der Waals surface area contributed by atoms with E-state index in [1.807, 2.05) is 24.3 Å². The smallest absolute Gasteiger partial charge is 0.303 e. The Hall–Kier alpha value is -1.88. The first-order valence-electron chi connectivity index (χ1n) is 5.92. The molecule has 0 fully saturated rings. The number of anilines is 1. The van der Waals surface area contributed by atoms with Crippen LogP contribution in [0.15, 0.2) is 24.3 Å². The van der Waals surface area contributed by atoms with E-state index in [1.165, 1.54) is 0 Å². The number of aliphatic carboxylic acids is 1. The van der Waals surface area contributed by atoms with Crippen molar-refractivity contribution < 1.29 is 14.7 Å². The van der Waals surface area contributed by atoms with Gasteiger partial charge in [-0.05, 0) is 37.1 Å². The lowest BCUT2D eigenvalue weighted by atomic mass is 10.1. The van der Waals surface area contributed by atoms with Crippen LogP contribution in [0.3, 0.4) is 0 Å². The van der Waals surface area contributed by atoms with E-state index in [0.717, 1.165) is 17.7 Å². The van der Waals surface area contributed by atoms with Crippen molar-refractivity contribution in [3.05, 3.63) is 29.8 Å². The zero-order valence-corrected chi connectivity index (χ0v) is 10.2. The number of carboxylic acids is 1. The van der Waals surface area contributed by atoms with E-state index in [2.05, 4.69) is 5.32 Å². The van der Waals surface area contributed by atoms with Crippen molar-refractivity contribution in [3.63, 3.8) is 0 Å². The lowest BCUT2D eigenvalue weighted by Crippen LogP contribution is -2.12. The maximum atomic E-state index is 11.5. The van der Waals surface area contributed by atoms with E-state index in [-0.39, 0.29) is 18.7 Å². The van der Waals surface area contributed by atoms with Crippen LogP contribution >= 0.6 is 0 Å². The van der Waals surface area contributed by atoms with Crippen LogP contribution in [0, 0.1) is 0 Å². The summed E-state index contributed by atoms with van der Waals surface area (Å²) in [5, 5.41) is 11.2. The van der Waals surface area contributed by atoms with Gasteiger partial charge in [-0.25, -0.2) is 0 Å². The second kappa shape index (κ2) is 7.45. The van der Waals surface area contributed by atoms with Crippen LogP contribution < -0.4 is 11.1 Å². The summed E-state index contributed by atoms with van der Waals surface area (Å²) in [6.07, 6.45) is 1.40. The summed E-state index contributed by atoms with van der Waals surface area (Å²) >= 11 is 0. The van der Waals surface area contributed by atoms with E-state index < -0.39 is 5.97 Å². The summed E-state index contributed by atoms with van der Waals surface area (Å²) in [5.41, 5.74) is 7.29. The van der Waals surface area contributed by atoms with Gasteiger partial charge in [-0.1, -0.05) is 12.1 Å². The Morgan fingerprint density at radius 1 is 1.17 bits per heavy atom. The van der Waals surface area contributed by atoms with Gasteiger partial charge in [0.2, 0.25) is 5.91 Å². The highest BCUT2D eigenvalue weighted by Crippen LogP contribution is 2.10. The normalized spacial score (nSPS) is 10.1. The molecule has 0 bridgehead atoms. The summed E-state index contributed by atoms with van der Waals surface area (Å²) in [5.74, 6) is -1.04. The van der Waals surface area contributed by atoms with E-state index in [9.17, 15) is 9.59 Å². The molecule has 98 valence electrons. The molecule has 0 aliphatic heterocycles. The highest BCUT2D eigenvalue weighted by Gasteiger charge is 2.04. The molecular formula is C13H18N2O3. The predicted molar refractivity (Wildman–Crippen MR) is 69.3 cm³/mol. The van der Waals surface area contributed by atoms with Crippen LogP contribution in [-0.2, 0) is 16.0 Å². The minimum atomic E-state index is -0.881. The maximum Gasteiger partial charge on any atom is 0.303 e. The van der Waals surface area contributed by atoms with Crippen molar-refractivity contribution >= 4 is 17.6 Å². The minimum Gasteiger partial charge on any atom is -0.481 e. The van der Waals surface area contributed by atoms with Crippen LogP contribution in [0.25, 0.3) is 0 Å². The van der Waals surface area contributed by atoms with Gasteiger partial charge >= 0.3 is 5.97 Å². The molecule has 0 spiro atoms. The Labute approximate surface area is 106 Å². The molecule has 1 rings (SSSR count). The zero-order chi connectivity index (χ0) is 13.4. The van der Waals surface area contributed by atoms with Gasteiger partial charge in [-0.2, -0.15) is 0 Å². The van der Waals surface area contributed by atoms with Gasteiger partial charge in [0, 0.05) is 18.5 Å². The van der Waals surface area contributed by atoms with Crippen LogP contribution in [0.2, 0.25) is 0 Å². The van der Waals surface area contributed by atoms with Crippen LogP contribution in [0.4, 0.5) is 5.69 Å². The second-order valence-electron chi connectivity index (χ2n) is 4.03. The molecule has 0 unspecified atom stereocenters. The summed E-state index contributed by atoms with van der Waals surface area (Å²) in [4.78, 5) is 21.8. The summed E-state index contributed by atoms with van der Waals surface area (Å²) in [6, 6.07) is 7.47. The van der Waals surface area contributed by atoms with Gasteiger partial charge in [0.05, 0.1) is 0 Å². The maximum absolute atomic E-state index is 11.5. The zero-order valence-electron chi connectivity index (χ0n) is 10.2. The van der Waals surface area contributed by atoms with Crippen LogP contribution in [0.1, 0.15) is 24.8 Å². The second-order valence-corrected chi connectivity index (χ2v) is 4.03. The molecule has 0 saturated carbocycles. The molecule has 18 heavy (non-hydrogen) atoms. The number of carbonyl (C=O) groups excluding carboxylic acids is 1. The fourth-order valence-electron chi connectivity index (χ4n) is 1.55. The molecule has 5 heteroatoms. The quantitative estimate of drug-likeness (QED) is 0.681. The van der Waals surface area contributed by atoms with Gasteiger partial charge in [-0.15, -0.1) is 0 Å². The SMILES string of the molecule is NCCc1ccc(NC(=O)CCCC(=O)O)cc1. The first kappa shape index (κ1) is 14.2. The van der Waals surface area contributed by atoms with E-state index >= 15 is 0 Å². The van der Waals surface area contributed by atoms with Gasteiger partial charge in [0.1, 0.15) is 0 Å². The molecule has 0 heterocycles. The summed E-state index contributed by atoms with van der Waals surface area (Å²) in [7, 11) is 0. The minimum absolute atomic E-state index is 0.0167.